The van der Waals surface area contributed by atoms with E-state index in [2.05, 4.69) is 229 Å². The second-order valence-electron chi connectivity index (χ2n) is 14.8. The predicted molar refractivity (Wildman–Crippen MR) is 237 cm³/mol. The summed E-state index contributed by atoms with van der Waals surface area (Å²) in [6.45, 7) is 0. The number of anilines is 3. The zero-order valence-electron chi connectivity index (χ0n) is 31.2. The third-order valence-electron chi connectivity index (χ3n) is 11.8. The Morgan fingerprint density at radius 1 is 0.333 bits per heavy atom. The van der Waals surface area contributed by atoms with Gasteiger partial charge in [-0.1, -0.05) is 176 Å². The first kappa shape index (κ1) is 33.0. The third kappa shape index (κ3) is 5.26. The Balaban J connectivity index is 1.03. The number of nitrogens with zero attached hydrogens (tertiary/aromatic N) is 1. The normalized spacial score (nSPS) is 12.7. The number of para-hydroxylation sites is 2. The van der Waals surface area contributed by atoms with Crippen LogP contribution in [0.1, 0.15) is 22.3 Å². The first-order valence-electron chi connectivity index (χ1n) is 19.6. The highest BCUT2D eigenvalue weighted by atomic mass is 16.3. The number of hydrogen-bond donors (Lipinski definition) is 0. The monoisotopic (exact) mass is 727 g/mol. The van der Waals surface area contributed by atoms with Gasteiger partial charge < -0.3 is 9.32 Å². The molecular weight excluding hydrogens is 691 g/mol. The van der Waals surface area contributed by atoms with Gasteiger partial charge in [-0.3, -0.25) is 0 Å². The number of rotatable bonds is 7. The van der Waals surface area contributed by atoms with Gasteiger partial charge in [-0.25, -0.2) is 0 Å². The molecule has 0 atom stereocenters. The van der Waals surface area contributed by atoms with Crippen molar-refractivity contribution in [2.24, 2.45) is 0 Å². The molecule has 1 aliphatic rings. The Bertz CT molecular complexity index is 2980. The molecule has 0 amide bonds. The van der Waals surface area contributed by atoms with Crippen LogP contribution < -0.4 is 4.90 Å². The van der Waals surface area contributed by atoms with Crippen LogP contribution in [-0.2, 0) is 5.41 Å². The van der Waals surface area contributed by atoms with Crippen molar-refractivity contribution < 1.29 is 4.42 Å². The minimum atomic E-state index is -0.479. The van der Waals surface area contributed by atoms with Gasteiger partial charge in [0.2, 0.25) is 0 Å². The van der Waals surface area contributed by atoms with E-state index in [1.165, 1.54) is 44.5 Å². The van der Waals surface area contributed by atoms with E-state index in [1.807, 2.05) is 0 Å². The van der Waals surface area contributed by atoms with E-state index in [1.54, 1.807) is 0 Å². The number of hydrogen-bond acceptors (Lipinski definition) is 2. The molecule has 0 radical (unpaired) electrons. The Morgan fingerprint density at radius 3 is 1.49 bits per heavy atom. The van der Waals surface area contributed by atoms with Crippen molar-refractivity contribution in [1.82, 2.24) is 0 Å². The summed E-state index contributed by atoms with van der Waals surface area (Å²) in [4.78, 5) is 2.31. The molecule has 0 spiro atoms. The van der Waals surface area contributed by atoms with Crippen LogP contribution in [0.3, 0.4) is 0 Å². The number of fused-ring (bicyclic) bond motifs is 6. The Labute approximate surface area is 332 Å². The summed E-state index contributed by atoms with van der Waals surface area (Å²) in [6, 6.07) is 80.8. The van der Waals surface area contributed by atoms with Crippen LogP contribution in [0.5, 0.6) is 0 Å². The van der Waals surface area contributed by atoms with E-state index >= 15 is 0 Å². The largest absolute Gasteiger partial charge is 0.455 e. The van der Waals surface area contributed by atoms with Gasteiger partial charge >= 0.3 is 0 Å². The molecule has 2 nitrogen and oxygen atoms in total. The molecule has 1 aromatic heterocycles. The summed E-state index contributed by atoms with van der Waals surface area (Å²) in [5.74, 6) is 0. The van der Waals surface area contributed by atoms with E-state index in [0.29, 0.717) is 0 Å². The fourth-order valence-corrected chi connectivity index (χ4v) is 9.21. The predicted octanol–water partition coefficient (Wildman–Crippen LogP) is 14.8. The van der Waals surface area contributed by atoms with Crippen molar-refractivity contribution in [3.63, 3.8) is 0 Å². The van der Waals surface area contributed by atoms with Crippen molar-refractivity contribution in [2.75, 3.05) is 4.90 Å². The molecule has 0 unspecified atom stereocenters. The van der Waals surface area contributed by atoms with Crippen LogP contribution >= 0.6 is 0 Å². The SMILES string of the molecule is c1ccc(-c2ccc(N(c3ccccc3)c3ccc(-c4cccc5c4oc4cc6c(cc45)-c4ccccc4C6(c4ccccc4)c4ccccc4)cc3)cc2)cc1. The molecule has 9 aromatic carbocycles. The third-order valence-corrected chi connectivity index (χ3v) is 11.8. The average Bonchev–Trinajstić information content (AvgIpc) is 3.80. The minimum absolute atomic E-state index is 0.479. The van der Waals surface area contributed by atoms with Crippen molar-refractivity contribution in [3.05, 3.63) is 247 Å². The molecule has 1 heterocycles. The number of furan rings is 1. The summed E-state index contributed by atoms with van der Waals surface area (Å²) in [5.41, 5.74) is 16.7. The van der Waals surface area contributed by atoms with Gasteiger partial charge in [0.15, 0.2) is 0 Å². The van der Waals surface area contributed by atoms with Crippen LogP contribution in [-0.4, -0.2) is 0 Å². The first-order chi connectivity index (χ1) is 28.3. The Hall–Kier alpha value is -7.42. The molecule has 1 aliphatic carbocycles. The molecule has 0 fully saturated rings. The Kier molecular flexibility index (Phi) is 7.75. The summed E-state index contributed by atoms with van der Waals surface area (Å²) >= 11 is 0. The molecule has 0 saturated carbocycles. The molecule has 10 aromatic rings. The average molecular weight is 728 g/mol. The van der Waals surface area contributed by atoms with E-state index in [4.69, 9.17) is 4.42 Å². The van der Waals surface area contributed by atoms with Gasteiger partial charge in [0.1, 0.15) is 11.2 Å². The lowest BCUT2D eigenvalue weighted by atomic mass is 9.67. The lowest BCUT2D eigenvalue weighted by Crippen LogP contribution is -2.28. The van der Waals surface area contributed by atoms with E-state index < -0.39 is 5.41 Å². The molecule has 2 heteroatoms. The van der Waals surface area contributed by atoms with Crippen LogP contribution in [0, 0.1) is 0 Å². The van der Waals surface area contributed by atoms with E-state index in [-0.39, 0.29) is 0 Å². The van der Waals surface area contributed by atoms with Crippen LogP contribution in [0.25, 0.3) is 55.3 Å². The van der Waals surface area contributed by atoms with Crippen LogP contribution in [0.15, 0.2) is 229 Å². The highest BCUT2D eigenvalue weighted by Gasteiger charge is 2.46. The zero-order valence-corrected chi connectivity index (χ0v) is 31.2. The van der Waals surface area contributed by atoms with Crippen molar-refractivity contribution >= 4 is 39.0 Å². The highest BCUT2D eigenvalue weighted by molar-refractivity contribution is 6.12. The quantitative estimate of drug-likeness (QED) is 0.163. The topological polar surface area (TPSA) is 16.4 Å². The van der Waals surface area contributed by atoms with Gasteiger partial charge in [-0.15, -0.1) is 0 Å². The molecular formula is C55H37NO. The smallest absolute Gasteiger partial charge is 0.143 e. The van der Waals surface area contributed by atoms with Crippen molar-refractivity contribution in [1.29, 1.82) is 0 Å². The highest BCUT2D eigenvalue weighted by Crippen LogP contribution is 2.57. The first-order valence-corrected chi connectivity index (χ1v) is 19.6. The number of benzene rings is 9. The fraction of sp³-hybridized carbons (Fsp3) is 0.0182. The molecule has 0 N–H and O–H groups in total. The summed E-state index contributed by atoms with van der Waals surface area (Å²) in [7, 11) is 0. The second-order valence-corrected chi connectivity index (χ2v) is 14.8. The molecule has 57 heavy (non-hydrogen) atoms. The molecule has 11 rings (SSSR count). The van der Waals surface area contributed by atoms with Crippen LogP contribution in [0.4, 0.5) is 17.1 Å². The maximum atomic E-state index is 6.98. The van der Waals surface area contributed by atoms with Crippen molar-refractivity contribution in [2.45, 2.75) is 5.41 Å². The summed E-state index contributed by atoms with van der Waals surface area (Å²) in [5, 5.41) is 2.25. The van der Waals surface area contributed by atoms with Gasteiger partial charge in [0.25, 0.3) is 0 Å². The summed E-state index contributed by atoms with van der Waals surface area (Å²) in [6.07, 6.45) is 0. The van der Waals surface area contributed by atoms with Gasteiger partial charge in [0, 0.05) is 33.4 Å². The molecule has 0 aliphatic heterocycles. The van der Waals surface area contributed by atoms with E-state index in [0.717, 1.165) is 50.1 Å². The zero-order chi connectivity index (χ0) is 37.8. The Morgan fingerprint density at radius 2 is 0.842 bits per heavy atom. The van der Waals surface area contributed by atoms with Gasteiger partial charge in [-0.2, -0.15) is 0 Å². The second kappa shape index (κ2) is 13.4. The molecule has 0 bridgehead atoms. The lowest BCUT2D eigenvalue weighted by molar-refractivity contribution is 0.667. The van der Waals surface area contributed by atoms with E-state index in [9.17, 15) is 0 Å². The maximum Gasteiger partial charge on any atom is 0.143 e. The fourth-order valence-electron chi connectivity index (χ4n) is 9.21. The van der Waals surface area contributed by atoms with Crippen molar-refractivity contribution in [3.8, 4) is 33.4 Å². The van der Waals surface area contributed by atoms with Crippen LogP contribution in [0.2, 0.25) is 0 Å². The standard InChI is InChI=1S/C55H37NO/c1-5-16-38(17-6-1)39-28-32-44(33-29-39)56(43-22-11-4-12-23-43)45-34-30-40(31-35-45)46-25-15-26-48-50-36-49-47-24-13-14-27-51(47)55(41-18-7-2-8-19-41,42-20-9-3-10-21-42)52(49)37-53(50)57-54(46)48/h1-37H. The molecule has 0 saturated heterocycles. The van der Waals surface area contributed by atoms with Gasteiger partial charge in [0.05, 0.1) is 5.41 Å². The minimum Gasteiger partial charge on any atom is -0.455 e. The molecule has 268 valence electrons. The van der Waals surface area contributed by atoms with Gasteiger partial charge in [-0.05, 0) is 98.6 Å². The maximum absolute atomic E-state index is 6.98. The lowest BCUT2D eigenvalue weighted by Gasteiger charge is -2.33. The summed E-state index contributed by atoms with van der Waals surface area (Å²) < 4.78 is 6.98.